The van der Waals surface area contributed by atoms with Gasteiger partial charge in [0, 0.05) is 19.4 Å². The molecule has 0 radical (unpaired) electrons. The minimum atomic E-state index is -0.294. The Morgan fingerprint density at radius 1 is 1.35 bits per heavy atom. The highest BCUT2D eigenvalue weighted by Crippen LogP contribution is 2.25. The second-order valence-electron chi connectivity index (χ2n) is 3.72. The lowest BCUT2D eigenvalue weighted by Gasteiger charge is -2.15. The van der Waals surface area contributed by atoms with Crippen molar-refractivity contribution in [1.29, 1.82) is 0 Å². The predicted octanol–water partition coefficient (Wildman–Crippen LogP) is 0.834. The Labute approximate surface area is 107 Å². The van der Waals surface area contributed by atoms with Crippen molar-refractivity contribution < 1.29 is 0 Å². The van der Waals surface area contributed by atoms with Crippen LogP contribution in [-0.2, 0) is 7.05 Å². The third-order valence-corrected chi connectivity index (χ3v) is 3.05. The molecule has 7 heteroatoms. The van der Waals surface area contributed by atoms with Crippen LogP contribution >= 0.6 is 15.9 Å². The molecule has 0 aliphatic carbocycles. The van der Waals surface area contributed by atoms with E-state index >= 15 is 0 Å². The molecule has 0 saturated heterocycles. The lowest BCUT2D eigenvalue weighted by molar-refractivity contribution is 0.548. The molecular formula is C10H13BrN6. The van der Waals surface area contributed by atoms with E-state index in [1.54, 1.807) is 23.3 Å². The van der Waals surface area contributed by atoms with Gasteiger partial charge in [-0.1, -0.05) is 0 Å². The molecule has 0 fully saturated rings. The van der Waals surface area contributed by atoms with Gasteiger partial charge < -0.3 is 0 Å². The lowest BCUT2D eigenvalue weighted by Crippen LogP contribution is -2.32. The van der Waals surface area contributed by atoms with Crippen molar-refractivity contribution in [3.63, 3.8) is 0 Å². The molecule has 0 aromatic carbocycles. The van der Waals surface area contributed by atoms with E-state index in [9.17, 15) is 0 Å². The topological polar surface area (TPSA) is 81.6 Å². The number of hydrogen-bond acceptors (Lipinski definition) is 5. The molecule has 2 rings (SSSR count). The Morgan fingerprint density at radius 3 is 2.47 bits per heavy atom. The zero-order valence-corrected chi connectivity index (χ0v) is 11.1. The van der Waals surface area contributed by atoms with Crippen molar-refractivity contribution >= 4 is 15.9 Å². The molecule has 0 spiro atoms. The third-order valence-electron chi connectivity index (χ3n) is 2.44. The molecule has 6 nitrogen and oxygen atoms in total. The Kier molecular flexibility index (Phi) is 3.51. The van der Waals surface area contributed by atoms with Crippen LogP contribution in [0.4, 0.5) is 0 Å². The largest absolute Gasteiger partial charge is 0.270 e. The van der Waals surface area contributed by atoms with Gasteiger partial charge in [-0.05, 0) is 28.4 Å². The summed E-state index contributed by atoms with van der Waals surface area (Å²) in [6.45, 7) is 1.94. The molecule has 3 N–H and O–H groups in total. The van der Waals surface area contributed by atoms with Crippen LogP contribution in [0.1, 0.15) is 23.1 Å². The van der Waals surface area contributed by atoms with E-state index < -0.39 is 0 Å². The fourth-order valence-corrected chi connectivity index (χ4v) is 2.15. The molecule has 2 heterocycles. The van der Waals surface area contributed by atoms with Crippen LogP contribution in [0, 0.1) is 6.92 Å². The smallest absolute Gasteiger partial charge is 0.152 e. The van der Waals surface area contributed by atoms with Crippen LogP contribution in [0.15, 0.2) is 23.1 Å². The lowest BCUT2D eigenvalue weighted by atomic mass is 10.2. The highest BCUT2D eigenvalue weighted by Gasteiger charge is 2.21. The highest BCUT2D eigenvalue weighted by atomic mass is 79.9. The number of nitrogens with zero attached hydrogens (tertiary/aromatic N) is 4. The molecule has 0 amide bonds. The number of hydrazine groups is 1. The molecule has 1 atom stereocenters. The summed E-state index contributed by atoms with van der Waals surface area (Å²) in [4.78, 5) is 8.54. The van der Waals surface area contributed by atoms with Crippen LogP contribution in [-0.4, -0.2) is 19.7 Å². The molecule has 0 bridgehead atoms. The van der Waals surface area contributed by atoms with Gasteiger partial charge in [0.1, 0.15) is 6.04 Å². The SMILES string of the molecule is Cc1cnc(C(NN)c2c(Br)cnn2C)nc1. The van der Waals surface area contributed by atoms with Gasteiger partial charge in [-0.25, -0.2) is 15.4 Å². The van der Waals surface area contributed by atoms with E-state index in [1.165, 1.54) is 0 Å². The van der Waals surface area contributed by atoms with E-state index in [4.69, 9.17) is 5.84 Å². The predicted molar refractivity (Wildman–Crippen MR) is 66.8 cm³/mol. The molecule has 0 aliphatic rings. The average Bonchev–Trinajstić information content (AvgIpc) is 2.64. The highest BCUT2D eigenvalue weighted by molar-refractivity contribution is 9.10. The average molecular weight is 297 g/mol. The summed E-state index contributed by atoms with van der Waals surface area (Å²) in [5, 5.41) is 4.15. The molecule has 90 valence electrons. The van der Waals surface area contributed by atoms with Gasteiger partial charge in [-0.2, -0.15) is 5.10 Å². The molecule has 17 heavy (non-hydrogen) atoms. The van der Waals surface area contributed by atoms with Crippen LogP contribution < -0.4 is 11.3 Å². The van der Waals surface area contributed by atoms with Crippen molar-refractivity contribution in [2.45, 2.75) is 13.0 Å². The third kappa shape index (κ3) is 2.36. The summed E-state index contributed by atoms with van der Waals surface area (Å²) in [7, 11) is 1.85. The van der Waals surface area contributed by atoms with E-state index in [0.29, 0.717) is 5.82 Å². The minimum Gasteiger partial charge on any atom is -0.270 e. The van der Waals surface area contributed by atoms with Crippen LogP contribution in [0.5, 0.6) is 0 Å². The summed E-state index contributed by atoms with van der Waals surface area (Å²) in [5.41, 5.74) is 4.60. The van der Waals surface area contributed by atoms with Gasteiger partial charge in [0.15, 0.2) is 5.82 Å². The van der Waals surface area contributed by atoms with Gasteiger partial charge in [-0.3, -0.25) is 10.5 Å². The van der Waals surface area contributed by atoms with E-state index in [1.807, 2.05) is 14.0 Å². The summed E-state index contributed by atoms with van der Waals surface area (Å²) in [5.74, 6) is 6.19. The zero-order valence-electron chi connectivity index (χ0n) is 9.55. The van der Waals surface area contributed by atoms with E-state index in [0.717, 1.165) is 15.7 Å². The quantitative estimate of drug-likeness (QED) is 0.648. The maximum atomic E-state index is 5.58. The Balaban J connectivity index is 2.43. The first-order valence-electron chi connectivity index (χ1n) is 5.05. The number of nitrogens with one attached hydrogen (secondary N) is 1. The second-order valence-corrected chi connectivity index (χ2v) is 4.57. The first kappa shape index (κ1) is 12.2. The number of rotatable bonds is 3. The van der Waals surface area contributed by atoms with Gasteiger partial charge in [0.25, 0.3) is 0 Å². The second kappa shape index (κ2) is 4.91. The van der Waals surface area contributed by atoms with Crippen LogP contribution in [0.2, 0.25) is 0 Å². The fourth-order valence-electron chi connectivity index (χ4n) is 1.57. The number of nitrogens with two attached hydrogens (primary N) is 1. The molecular weight excluding hydrogens is 284 g/mol. The molecule has 0 saturated carbocycles. The Morgan fingerprint density at radius 2 is 2.00 bits per heavy atom. The van der Waals surface area contributed by atoms with Gasteiger partial charge >= 0.3 is 0 Å². The number of hydrogen-bond donors (Lipinski definition) is 2. The normalized spacial score (nSPS) is 12.7. The van der Waals surface area contributed by atoms with E-state index in [2.05, 4.69) is 36.4 Å². The summed E-state index contributed by atoms with van der Waals surface area (Å²) in [6, 6.07) is -0.294. The van der Waals surface area contributed by atoms with Crippen molar-refractivity contribution in [2.75, 3.05) is 0 Å². The Bertz CT molecular complexity index is 487. The molecule has 1 unspecified atom stereocenters. The monoisotopic (exact) mass is 296 g/mol. The molecule has 0 aliphatic heterocycles. The maximum Gasteiger partial charge on any atom is 0.152 e. The summed E-state index contributed by atoms with van der Waals surface area (Å²) < 4.78 is 2.60. The number of halogens is 1. The standard InChI is InChI=1S/C10H13BrN6/c1-6-3-13-10(14-4-6)8(16-12)9-7(11)5-15-17(9)2/h3-5,8,16H,12H2,1-2H3. The van der Waals surface area contributed by atoms with E-state index in [-0.39, 0.29) is 6.04 Å². The Hall–Kier alpha value is -1.31. The van der Waals surface area contributed by atoms with Gasteiger partial charge in [0.2, 0.25) is 0 Å². The van der Waals surface area contributed by atoms with Gasteiger partial charge in [-0.15, -0.1) is 0 Å². The number of aryl methyl sites for hydroxylation is 2. The van der Waals surface area contributed by atoms with Crippen molar-refractivity contribution in [3.8, 4) is 0 Å². The first-order valence-corrected chi connectivity index (χ1v) is 5.85. The first-order chi connectivity index (χ1) is 8.13. The van der Waals surface area contributed by atoms with Crippen LogP contribution in [0.25, 0.3) is 0 Å². The zero-order chi connectivity index (χ0) is 12.4. The fraction of sp³-hybridized carbons (Fsp3) is 0.300. The molecule has 2 aromatic heterocycles. The van der Waals surface area contributed by atoms with Crippen molar-refractivity contribution in [3.05, 3.63) is 40.1 Å². The van der Waals surface area contributed by atoms with Crippen molar-refractivity contribution in [2.24, 2.45) is 12.9 Å². The molecule has 2 aromatic rings. The van der Waals surface area contributed by atoms with Gasteiger partial charge in [0.05, 0.1) is 16.4 Å². The maximum absolute atomic E-state index is 5.58. The summed E-state index contributed by atoms with van der Waals surface area (Å²) in [6.07, 6.45) is 5.24. The minimum absolute atomic E-state index is 0.294. The van der Waals surface area contributed by atoms with Crippen LogP contribution in [0.3, 0.4) is 0 Å². The van der Waals surface area contributed by atoms with Crippen molar-refractivity contribution in [1.82, 2.24) is 25.2 Å². The summed E-state index contributed by atoms with van der Waals surface area (Å²) >= 11 is 3.44. The number of aromatic nitrogens is 4.